The summed E-state index contributed by atoms with van der Waals surface area (Å²) >= 11 is 5.54. The number of halogens is 2. The first-order chi connectivity index (χ1) is 4.56. The fourth-order valence-electron chi connectivity index (χ4n) is 0. The molecule has 6 heteroatoms. The van der Waals surface area contributed by atoms with Gasteiger partial charge in [-0.1, -0.05) is 46.7 Å². The molecule has 0 saturated heterocycles. The fourth-order valence-corrected chi connectivity index (χ4v) is 0. The van der Waals surface area contributed by atoms with Gasteiger partial charge in [-0.25, -0.2) is 0 Å². The van der Waals surface area contributed by atoms with Gasteiger partial charge in [0.05, 0.1) is 8.07 Å². The second-order valence-corrected chi connectivity index (χ2v) is 16.6. The minimum Gasteiger partial charge on any atom is -1.00 e. The van der Waals surface area contributed by atoms with Crippen LogP contribution in [0.25, 0.3) is 0 Å². The molecule has 0 unspecified atom stereocenters. The zero-order valence-corrected chi connectivity index (χ0v) is 16.9. The van der Waals surface area contributed by atoms with Gasteiger partial charge in [-0.2, -0.15) is 0 Å². The first-order valence-corrected chi connectivity index (χ1v) is 11.9. The summed E-state index contributed by atoms with van der Waals surface area (Å²) in [5.74, 6) is 0. The van der Waals surface area contributed by atoms with E-state index >= 15 is 0 Å². The average Bonchev–Trinajstić information content (AvgIpc) is 1.59. The number of rotatable bonds is 1. The summed E-state index contributed by atoms with van der Waals surface area (Å²) in [6.45, 7) is 17.3. The predicted molar refractivity (Wildman–Crippen MR) is 83.2 cm³/mol. The Morgan fingerprint density at radius 1 is 1.00 bits per heavy atom. The topological polar surface area (TPSA) is 0 Å². The van der Waals surface area contributed by atoms with Gasteiger partial charge >= 0.3 is 46.1 Å². The van der Waals surface area contributed by atoms with Gasteiger partial charge in [0.15, 0.2) is 0 Å². The van der Waals surface area contributed by atoms with Gasteiger partial charge in [0.25, 0.3) is 0 Å². The van der Waals surface area contributed by atoms with Crippen LogP contribution in [0.1, 0.15) is 10.3 Å². The fraction of sp³-hybridized carbons (Fsp3) is 0.889. The Bertz CT molecular complexity index is 104. The minimum absolute atomic E-state index is 0. The Labute approximate surface area is 146 Å². The minimum atomic E-state index is -0.866. The molecule has 15 heavy (non-hydrogen) atoms. The quantitative estimate of drug-likeness (QED) is 0.383. The smallest absolute Gasteiger partial charge is 1.00 e. The summed E-state index contributed by atoms with van der Waals surface area (Å²) in [4.78, 5) is 0. The normalized spacial score (nSPS) is 8.80. The van der Waals surface area contributed by atoms with Gasteiger partial charge in [-0.15, -0.1) is 19.7 Å². The van der Waals surface area contributed by atoms with E-state index < -0.39 is 16.1 Å². The van der Waals surface area contributed by atoms with E-state index in [4.69, 9.17) is 11.6 Å². The van der Waals surface area contributed by atoms with Crippen molar-refractivity contribution in [3.05, 3.63) is 6.55 Å². The molecule has 0 nitrogen and oxygen atoms in total. The third-order valence-corrected chi connectivity index (χ3v) is 3.61. The summed E-state index contributed by atoms with van der Waals surface area (Å²) < 4.78 is 0. The van der Waals surface area contributed by atoms with Gasteiger partial charge in [-0.05, 0) is 0 Å². The molecule has 90 valence electrons. The van der Waals surface area contributed by atoms with Crippen molar-refractivity contribution >= 4 is 73.9 Å². The number of hydrogen-bond acceptors (Lipinski definition) is 0. The van der Waals surface area contributed by atoms with Crippen molar-refractivity contribution in [1.82, 2.24) is 0 Å². The van der Waals surface area contributed by atoms with Gasteiger partial charge in [-0.3, -0.25) is 0 Å². The van der Waals surface area contributed by atoms with Gasteiger partial charge < -0.3 is 21.8 Å². The summed E-state index contributed by atoms with van der Waals surface area (Å²) in [5.41, 5.74) is 0.882. The Balaban J connectivity index is -0.0000000118. The SMILES string of the molecule is C.C[Si](C)(C)CCl.[CH2-][Si](C)(C)C.[Cl-].[H-].[H-].[Mg+2].[Mg+2]. The zero-order valence-electron chi connectivity index (χ0n) is 12.6. The predicted octanol–water partition coefficient (Wildman–Crippen LogP) is 0.904. The van der Waals surface area contributed by atoms with Crippen molar-refractivity contribution in [2.45, 2.75) is 46.7 Å². The van der Waals surface area contributed by atoms with Gasteiger partial charge in [0.1, 0.15) is 0 Å². The van der Waals surface area contributed by atoms with E-state index in [0.29, 0.717) is 0 Å². The van der Waals surface area contributed by atoms with Crippen molar-refractivity contribution in [2.24, 2.45) is 0 Å². The molecule has 0 heterocycles. The summed E-state index contributed by atoms with van der Waals surface area (Å²) in [6, 6.07) is 0. The molecular formula is C9H28Cl2Mg2Si2. The first-order valence-electron chi connectivity index (χ1n) is 3.97. The molecule has 0 saturated carbocycles. The standard InChI is InChI=1S/C4H11ClSi.C4H11Si.CH4.ClH.2Mg.2H/c1-6(2,3)4-5;1-5(2,3)4;;;;;;/h4H2,1-3H3;1H2,2-4H3;1H4;1H;;;;/q;-1;;;2*+2;2*-1/p-1. The molecule has 0 aromatic heterocycles. The van der Waals surface area contributed by atoms with Crippen LogP contribution in [-0.4, -0.2) is 67.8 Å². The van der Waals surface area contributed by atoms with Crippen LogP contribution in [0.3, 0.4) is 0 Å². The summed E-state index contributed by atoms with van der Waals surface area (Å²) in [5, 5.41) is 0. The Kier molecular flexibility index (Phi) is 39.7. The molecule has 0 amide bonds. The molecule has 0 aromatic carbocycles. The van der Waals surface area contributed by atoms with Gasteiger partial charge in [0.2, 0.25) is 0 Å². The van der Waals surface area contributed by atoms with Crippen LogP contribution >= 0.6 is 11.6 Å². The Morgan fingerprint density at radius 3 is 1.07 bits per heavy atom. The van der Waals surface area contributed by atoms with Crippen LogP contribution in [-0.2, 0) is 0 Å². The third-order valence-electron chi connectivity index (χ3n) is 0.401. The molecule has 0 aliphatic carbocycles. The number of hydrogen-bond donors (Lipinski definition) is 0. The monoisotopic (exact) mass is 310 g/mol. The van der Waals surface area contributed by atoms with E-state index in [-0.39, 0.29) is 68.8 Å². The van der Waals surface area contributed by atoms with E-state index in [9.17, 15) is 0 Å². The van der Waals surface area contributed by atoms with E-state index in [2.05, 4.69) is 45.8 Å². The van der Waals surface area contributed by atoms with Crippen molar-refractivity contribution in [1.29, 1.82) is 0 Å². The van der Waals surface area contributed by atoms with Crippen LogP contribution in [0, 0.1) is 6.55 Å². The molecule has 0 fully saturated rings. The van der Waals surface area contributed by atoms with E-state index in [0.717, 1.165) is 5.50 Å². The maximum absolute atomic E-state index is 5.54. The third kappa shape index (κ3) is 114. The van der Waals surface area contributed by atoms with Crippen molar-refractivity contribution < 1.29 is 15.3 Å². The Hall–Kier alpha value is 2.55. The second-order valence-electron chi connectivity index (χ2n) is 5.25. The first kappa shape index (κ1) is 36.0. The van der Waals surface area contributed by atoms with Gasteiger partial charge in [0, 0.05) is 5.50 Å². The molecule has 0 aliphatic heterocycles. The molecule has 0 radical (unpaired) electrons. The summed E-state index contributed by atoms with van der Waals surface area (Å²) in [6.07, 6.45) is 0. The molecule has 0 rings (SSSR count). The second kappa shape index (κ2) is 16.5. The maximum atomic E-state index is 5.54. The Morgan fingerprint density at radius 2 is 1.07 bits per heavy atom. The van der Waals surface area contributed by atoms with Crippen molar-refractivity contribution in [3.63, 3.8) is 0 Å². The van der Waals surface area contributed by atoms with E-state index in [1.807, 2.05) is 0 Å². The maximum Gasteiger partial charge on any atom is 2.00 e. The molecule has 0 aliphatic rings. The van der Waals surface area contributed by atoms with Crippen LogP contribution in [0.5, 0.6) is 0 Å². The molecule has 0 bridgehead atoms. The molecule has 0 aromatic rings. The zero-order chi connectivity index (χ0) is 9.71. The van der Waals surface area contributed by atoms with Crippen LogP contribution < -0.4 is 12.4 Å². The van der Waals surface area contributed by atoms with Crippen LogP contribution in [0.4, 0.5) is 0 Å². The number of alkyl halides is 1. The van der Waals surface area contributed by atoms with Crippen molar-refractivity contribution in [2.75, 3.05) is 5.50 Å². The molecule has 0 atom stereocenters. The largest absolute Gasteiger partial charge is 2.00 e. The van der Waals surface area contributed by atoms with E-state index in [1.165, 1.54) is 0 Å². The summed E-state index contributed by atoms with van der Waals surface area (Å²) in [7, 11) is -1.73. The van der Waals surface area contributed by atoms with Crippen molar-refractivity contribution in [3.8, 4) is 0 Å². The van der Waals surface area contributed by atoms with Crippen LogP contribution in [0.15, 0.2) is 0 Å². The van der Waals surface area contributed by atoms with Crippen LogP contribution in [0.2, 0.25) is 39.3 Å². The average molecular weight is 312 g/mol. The molecule has 0 N–H and O–H groups in total. The van der Waals surface area contributed by atoms with E-state index in [1.54, 1.807) is 0 Å². The molecular weight excluding hydrogens is 284 g/mol. The molecule has 0 spiro atoms.